The SMILES string of the molecule is CO[C@H]1CN(C(=O)CCCC(=O)NCCCOCCOCCOCCCNC(C)(C)C)CCc2c(nnn2CCOCCN(C)C(C)(C)C)[C@@H]1OC. The molecule has 0 spiro atoms. The molecular formula is C37H71N7O8. The summed E-state index contributed by atoms with van der Waals surface area (Å²) in [6, 6.07) is 0. The van der Waals surface area contributed by atoms with Crippen molar-refractivity contribution in [1.82, 2.24) is 35.4 Å². The average molecular weight is 742 g/mol. The maximum absolute atomic E-state index is 13.3. The lowest BCUT2D eigenvalue weighted by atomic mass is 10.0. The van der Waals surface area contributed by atoms with E-state index >= 15 is 0 Å². The van der Waals surface area contributed by atoms with Gasteiger partial charge in [-0.3, -0.25) is 14.5 Å². The molecule has 1 aliphatic heterocycles. The van der Waals surface area contributed by atoms with Crippen molar-refractivity contribution in [3.05, 3.63) is 11.4 Å². The van der Waals surface area contributed by atoms with Gasteiger partial charge in [-0.1, -0.05) is 5.21 Å². The maximum Gasteiger partial charge on any atom is 0.222 e. The first-order chi connectivity index (χ1) is 24.8. The summed E-state index contributed by atoms with van der Waals surface area (Å²) in [7, 11) is 5.32. The van der Waals surface area contributed by atoms with E-state index in [0.717, 1.165) is 30.9 Å². The minimum Gasteiger partial charge on any atom is -0.379 e. The number of nitrogens with one attached hydrogen (secondary N) is 2. The van der Waals surface area contributed by atoms with Gasteiger partial charge in [0.15, 0.2) is 0 Å². The van der Waals surface area contributed by atoms with Gasteiger partial charge in [0.25, 0.3) is 0 Å². The summed E-state index contributed by atoms with van der Waals surface area (Å²) in [6.45, 7) is 21.2. The van der Waals surface area contributed by atoms with Crippen molar-refractivity contribution in [3.8, 4) is 0 Å². The highest BCUT2D eigenvalue weighted by atomic mass is 16.5. The highest BCUT2D eigenvalue weighted by molar-refractivity contribution is 5.79. The Morgan fingerprint density at radius 2 is 1.46 bits per heavy atom. The molecule has 2 heterocycles. The normalized spacial score (nSPS) is 16.9. The maximum atomic E-state index is 13.3. The minimum absolute atomic E-state index is 0.0194. The van der Waals surface area contributed by atoms with Crippen LogP contribution in [0.4, 0.5) is 0 Å². The Hall–Kier alpha value is -2.24. The second kappa shape index (κ2) is 25.0. The molecule has 52 heavy (non-hydrogen) atoms. The van der Waals surface area contributed by atoms with E-state index in [1.54, 1.807) is 19.1 Å². The van der Waals surface area contributed by atoms with Gasteiger partial charge >= 0.3 is 0 Å². The predicted molar refractivity (Wildman–Crippen MR) is 200 cm³/mol. The third kappa shape index (κ3) is 18.7. The van der Waals surface area contributed by atoms with E-state index in [2.05, 4.69) is 74.4 Å². The summed E-state index contributed by atoms with van der Waals surface area (Å²) in [5.41, 5.74) is 1.87. The van der Waals surface area contributed by atoms with Crippen LogP contribution in [0.5, 0.6) is 0 Å². The van der Waals surface area contributed by atoms with Crippen molar-refractivity contribution in [2.45, 2.75) is 110 Å². The van der Waals surface area contributed by atoms with Gasteiger partial charge in [0.1, 0.15) is 17.9 Å². The van der Waals surface area contributed by atoms with E-state index in [4.69, 9.17) is 28.4 Å². The summed E-state index contributed by atoms with van der Waals surface area (Å²) in [4.78, 5) is 29.8. The van der Waals surface area contributed by atoms with E-state index in [9.17, 15) is 9.59 Å². The van der Waals surface area contributed by atoms with Crippen LogP contribution in [0, 0.1) is 0 Å². The Kier molecular flexibility index (Phi) is 22.0. The molecule has 1 aromatic heterocycles. The fourth-order valence-electron chi connectivity index (χ4n) is 5.53. The van der Waals surface area contributed by atoms with Gasteiger partial charge in [-0.15, -0.1) is 5.10 Å². The molecule has 2 rings (SSSR count). The second-order valence-corrected chi connectivity index (χ2v) is 15.3. The average Bonchev–Trinajstić information content (AvgIpc) is 3.46. The topological polar surface area (TPSA) is 151 Å². The Morgan fingerprint density at radius 3 is 2.08 bits per heavy atom. The Morgan fingerprint density at radius 1 is 0.827 bits per heavy atom. The molecule has 302 valence electrons. The smallest absolute Gasteiger partial charge is 0.222 e. The Labute approximate surface area is 313 Å². The fraction of sp³-hybridized carbons (Fsp3) is 0.892. The van der Waals surface area contributed by atoms with E-state index in [-0.39, 0.29) is 35.7 Å². The summed E-state index contributed by atoms with van der Waals surface area (Å²) in [5, 5.41) is 15.2. The van der Waals surface area contributed by atoms with Crippen molar-refractivity contribution in [1.29, 1.82) is 0 Å². The van der Waals surface area contributed by atoms with Crippen molar-refractivity contribution < 1.29 is 38.0 Å². The van der Waals surface area contributed by atoms with Gasteiger partial charge in [-0.2, -0.15) is 0 Å². The molecule has 0 radical (unpaired) electrons. The van der Waals surface area contributed by atoms with E-state index in [1.165, 1.54) is 0 Å². The summed E-state index contributed by atoms with van der Waals surface area (Å²) < 4.78 is 36.1. The number of fused-ring (bicyclic) bond motifs is 1. The summed E-state index contributed by atoms with van der Waals surface area (Å²) in [5.74, 6) is -0.0897. The highest BCUT2D eigenvalue weighted by Crippen LogP contribution is 2.28. The number of nitrogens with zero attached hydrogens (tertiary/aromatic N) is 5. The standard InChI is InChI=1S/C37H71N7O8/c1-36(2,3)39-17-12-22-50-26-28-52-27-25-49-21-11-16-38-32(45)13-10-14-33(46)43-18-15-30-34(35(48-9)31(29-43)47-8)40-41-44(30)20-24-51-23-19-42(7)37(4,5)6/h31,35,39H,10-29H2,1-9H3,(H,38,45)/t31-,35+/m0/s1. The molecule has 0 unspecified atom stereocenters. The van der Waals surface area contributed by atoms with Gasteiger partial charge in [0.05, 0.1) is 51.9 Å². The molecule has 0 fully saturated rings. The second-order valence-electron chi connectivity index (χ2n) is 15.3. The first-order valence-corrected chi connectivity index (χ1v) is 19.1. The van der Waals surface area contributed by atoms with Crippen LogP contribution in [-0.2, 0) is 51.0 Å². The van der Waals surface area contributed by atoms with Crippen molar-refractivity contribution in [2.24, 2.45) is 0 Å². The summed E-state index contributed by atoms with van der Waals surface area (Å²) >= 11 is 0. The molecule has 0 saturated carbocycles. The number of rotatable bonds is 26. The Balaban J connectivity index is 1.63. The zero-order valence-corrected chi connectivity index (χ0v) is 33.8. The van der Waals surface area contributed by atoms with Crippen LogP contribution < -0.4 is 10.6 Å². The number of hydrogen-bond donors (Lipinski definition) is 2. The van der Waals surface area contributed by atoms with Gasteiger partial charge in [-0.05, 0) is 74.4 Å². The lowest BCUT2D eigenvalue weighted by Crippen LogP contribution is -2.44. The number of likely N-dealkylation sites (N-methyl/N-ethyl adjacent to an activating group) is 1. The van der Waals surface area contributed by atoms with Crippen LogP contribution in [0.3, 0.4) is 0 Å². The lowest BCUT2D eigenvalue weighted by molar-refractivity contribution is -0.135. The molecule has 2 N–H and O–H groups in total. The number of carbonyl (C=O) groups is 2. The zero-order chi connectivity index (χ0) is 38.4. The third-order valence-electron chi connectivity index (χ3n) is 9.01. The zero-order valence-electron chi connectivity index (χ0n) is 33.8. The van der Waals surface area contributed by atoms with E-state index in [0.29, 0.717) is 98.3 Å². The third-order valence-corrected chi connectivity index (χ3v) is 9.01. The van der Waals surface area contributed by atoms with Crippen molar-refractivity contribution in [3.63, 3.8) is 0 Å². The fourth-order valence-corrected chi connectivity index (χ4v) is 5.53. The molecule has 2 amide bonds. The molecule has 15 nitrogen and oxygen atoms in total. The molecule has 1 aromatic rings. The molecule has 0 aliphatic carbocycles. The number of ether oxygens (including phenoxy) is 6. The van der Waals surface area contributed by atoms with Crippen LogP contribution in [0.2, 0.25) is 0 Å². The van der Waals surface area contributed by atoms with Gasteiger partial charge in [0.2, 0.25) is 11.8 Å². The number of carbonyl (C=O) groups excluding carboxylic acids is 2. The first-order valence-electron chi connectivity index (χ1n) is 19.1. The summed E-state index contributed by atoms with van der Waals surface area (Å²) in [6.07, 6.45) is 2.39. The van der Waals surface area contributed by atoms with E-state index in [1.807, 2.05) is 4.68 Å². The van der Waals surface area contributed by atoms with Gasteiger partial charge < -0.3 is 44.0 Å². The quantitative estimate of drug-likeness (QED) is 0.134. The van der Waals surface area contributed by atoms with Crippen LogP contribution in [-0.4, -0.2) is 161 Å². The number of amides is 2. The van der Waals surface area contributed by atoms with Gasteiger partial charge in [-0.25, -0.2) is 4.68 Å². The number of hydrogen-bond acceptors (Lipinski definition) is 12. The largest absolute Gasteiger partial charge is 0.379 e. The monoisotopic (exact) mass is 742 g/mol. The molecule has 0 saturated heterocycles. The predicted octanol–water partition coefficient (Wildman–Crippen LogP) is 2.62. The minimum atomic E-state index is -0.469. The van der Waals surface area contributed by atoms with Crippen molar-refractivity contribution in [2.75, 3.05) is 107 Å². The molecular weight excluding hydrogens is 670 g/mol. The number of aromatic nitrogens is 3. The van der Waals surface area contributed by atoms with Crippen LogP contribution in [0.1, 0.15) is 91.1 Å². The van der Waals surface area contributed by atoms with Crippen LogP contribution in [0.15, 0.2) is 0 Å². The van der Waals surface area contributed by atoms with Gasteiger partial charge in [0, 0.05) is 84.0 Å². The first kappa shape index (κ1) is 45.9. The molecule has 0 bridgehead atoms. The highest BCUT2D eigenvalue weighted by Gasteiger charge is 2.34. The molecule has 0 aromatic carbocycles. The lowest BCUT2D eigenvalue weighted by Gasteiger charge is -2.33. The van der Waals surface area contributed by atoms with Crippen LogP contribution in [0.25, 0.3) is 0 Å². The molecule has 2 atom stereocenters. The Bertz CT molecular complexity index is 1120. The number of methoxy groups -OCH3 is 2. The molecule has 15 heteroatoms. The van der Waals surface area contributed by atoms with E-state index < -0.39 is 12.2 Å². The molecule has 1 aliphatic rings. The van der Waals surface area contributed by atoms with Crippen molar-refractivity contribution >= 4 is 11.8 Å². The van der Waals surface area contributed by atoms with Crippen LogP contribution >= 0.6 is 0 Å².